The van der Waals surface area contributed by atoms with Crippen LogP contribution in [0.3, 0.4) is 0 Å². The third-order valence-electron chi connectivity index (χ3n) is 9.16. The maximum absolute atomic E-state index is 7.94. The molecular formula is C37H40Cl2SiZr. The van der Waals surface area contributed by atoms with Crippen LogP contribution in [0.1, 0.15) is 79.8 Å². The molecule has 0 bridgehead atoms. The van der Waals surface area contributed by atoms with E-state index in [1.54, 1.807) is 0 Å². The van der Waals surface area contributed by atoms with Crippen molar-refractivity contribution in [2.45, 2.75) is 69.3 Å². The molecule has 0 aromatic heterocycles. The van der Waals surface area contributed by atoms with Gasteiger partial charge in [0.15, 0.2) is 0 Å². The van der Waals surface area contributed by atoms with E-state index in [0.29, 0.717) is 0 Å². The SMILES string of the molecule is CCCCC1=Cc2c(ccc(C(C)(C)C)c2-c2ccccc2CC)[CH]1[Zr]([Cl])([Cl])[c]1cccc2c1[SiH2]c1ccccc1-2. The molecule has 0 spiro atoms. The Bertz CT molecular complexity index is 1660. The zero-order valence-electron chi connectivity index (χ0n) is 25.0. The first-order chi connectivity index (χ1) is 19.7. The van der Waals surface area contributed by atoms with Gasteiger partial charge in [0.25, 0.3) is 0 Å². The molecule has 4 aromatic carbocycles. The van der Waals surface area contributed by atoms with Gasteiger partial charge < -0.3 is 0 Å². The Labute approximate surface area is 260 Å². The van der Waals surface area contributed by atoms with Crippen LogP contribution in [0.5, 0.6) is 0 Å². The summed E-state index contributed by atoms with van der Waals surface area (Å²) >= 11 is -4.00. The molecule has 6 rings (SSSR count). The summed E-state index contributed by atoms with van der Waals surface area (Å²) in [5.74, 6) is 0. The molecule has 1 aliphatic heterocycles. The Kier molecular flexibility index (Phi) is 8.18. The number of hydrogen-bond acceptors (Lipinski definition) is 0. The van der Waals surface area contributed by atoms with Gasteiger partial charge >= 0.3 is 262 Å². The summed E-state index contributed by atoms with van der Waals surface area (Å²) in [7, 11) is 15.3. The van der Waals surface area contributed by atoms with Crippen molar-refractivity contribution >= 4 is 46.3 Å². The molecule has 0 saturated carbocycles. The number of unbranched alkanes of at least 4 members (excludes halogenated alkanes) is 1. The first kappa shape index (κ1) is 29.4. The average Bonchev–Trinajstić information content (AvgIpc) is 3.53. The van der Waals surface area contributed by atoms with Gasteiger partial charge in [0.1, 0.15) is 0 Å². The Morgan fingerprint density at radius 1 is 0.805 bits per heavy atom. The molecular weight excluding hydrogens is 635 g/mol. The number of halogens is 2. The van der Waals surface area contributed by atoms with Crippen molar-refractivity contribution in [2.24, 2.45) is 0 Å². The fourth-order valence-electron chi connectivity index (χ4n) is 7.15. The van der Waals surface area contributed by atoms with E-state index < -0.39 is 27.4 Å². The predicted molar refractivity (Wildman–Crippen MR) is 181 cm³/mol. The van der Waals surface area contributed by atoms with Crippen molar-refractivity contribution in [1.29, 1.82) is 0 Å². The Morgan fingerprint density at radius 3 is 2.24 bits per heavy atom. The Morgan fingerprint density at radius 2 is 1.51 bits per heavy atom. The molecule has 0 fully saturated rings. The van der Waals surface area contributed by atoms with Gasteiger partial charge in [-0.2, -0.15) is 0 Å². The van der Waals surface area contributed by atoms with E-state index in [0.717, 1.165) is 25.7 Å². The summed E-state index contributed by atoms with van der Waals surface area (Å²) in [6.07, 6.45) is 6.90. The third-order valence-corrected chi connectivity index (χ3v) is 23.5. The first-order valence-electron chi connectivity index (χ1n) is 15.2. The molecule has 1 unspecified atom stereocenters. The van der Waals surface area contributed by atoms with Crippen LogP contribution in [0, 0.1) is 0 Å². The summed E-state index contributed by atoms with van der Waals surface area (Å²) in [4.78, 5) is 0. The molecule has 0 amide bonds. The predicted octanol–water partition coefficient (Wildman–Crippen LogP) is 8.73. The summed E-state index contributed by atoms with van der Waals surface area (Å²) < 4.78 is 1.44. The number of rotatable bonds is 7. The van der Waals surface area contributed by atoms with Gasteiger partial charge in [-0.05, 0) is 0 Å². The molecule has 1 heterocycles. The van der Waals surface area contributed by atoms with Gasteiger partial charge in [0.2, 0.25) is 0 Å². The molecule has 1 atom stereocenters. The Balaban J connectivity index is 1.57. The fourth-order valence-corrected chi connectivity index (χ4v) is 24.0. The van der Waals surface area contributed by atoms with E-state index in [2.05, 4.69) is 120 Å². The van der Waals surface area contributed by atoms with E-state index in [4.69, 9.17) is 17.0 Å². The summed E-state index contributed by atoms with van der Waals surface area (Å²) in [6.45, 7) is 11.6. The fraction of sp³-hybridized carbons (Fsp3) is 0.297. The number of fused-ring (bicyclic) bond motifs is 4. The average molecular weight is 675 g/mol. The van der Waals surface area contributed by atoms with Crippen LogP contribution in [0.4, 0.5) is 0 Å². The third kappa shape index (κ3) is 5.12. The molecule has 2 aliphatic rings. The molecule has 0 saturated heterocycles. The molecule has 1 aliphatic carbocycles. The number of aryl methyl sites for hydroxylation is 1. The summed E-state index contributed by atoms with van der Waals surface area (Å²) in [5.41, 5.74) is 12.5. The van der Waals surface area contributed by atoms with Gasteiger partial charge in [-0.15, -0.1) is 0 Å². The first-order valence-corrected chi connectivity index (χ1v) is 25.6. The minimum absolute atomic E-state index is 0.0145. The van der Waals surface area contributed by atoms with Gasteiger partial charge in [-0.3, -0.25) is 0 Å². The molecule has 0 nitrogen and oxygen atoms in total. The number of hydrogen-bond donors (Lipinski definition) is 0. The summed E-state index contributed by atoms with van der Waals surface area (Å²) in [5, 5.41) is 3.02. The van der Waals surface area contributed by atoms with Crippen molar-refractivity contribution in [3.8, 4) is 22.3 Å². The van der Waals surface area contributed by atoms with Gasteiger partial charge in [-0.25, -0.2) is 0 Å². The molecule has 4 heteroatoms. The van der Waals surface area contributed by atoms with Crippen molar-refractivity contribution in [1.82, 2.24) is 0 Å². The zero-order chi connectivity index (χ0) is 28.9. The molecule has 4 aromatic rings. The van der Waals surface area contributed by atoms with Crippen molar-refractivity contribution in [3.63, 3.8) is 0 Å². The van der Waals surface area contributed by atoms with Crippen LogP contribution in [0.2, 0.25) is 0 Å². The normalized spacial score (nSPS) is 16.5. The van der Waals surface area contributed by atoms with E-state index in [1.165, 1.54) is 63.7 Å². The maximum atomic E-state index is 7.94. The van der Waals surface area contributed by atoms with Crippen LogP contribution in [0.15, 0.2) is 84.4 Å². The molecule has 0 N–H and O–H groups in total. The van der Waals surface area contributed by atoms with Gasteiger partial charge in [0.05, 0.1) is 0 Å². The van der Waals surface area contributed by atoms with Crippen LogP contribution >= 0.6 is 17.0 Å². The molecule has 41 heavy (non-hydrogen) atoms. The van der Waals surface area contributed by atoms with Crippen molar-refractivity contribution in [3.05, 3.63) is 107 Å². The van der Waals surface area contributed by atoms with Gasteiger partial charge in [0, 0.05) is 0 Å². The second kappa shape index (κ2) is 11.4. The van der Waals surface area contributed by atoms with Gasteiger partial charge in [-0.1, -0.05) is 0 Å². The monoisotopic (exact) mass is 672 g/mol. The van der Waals surface area contributed by atoms with Crippen molar-refractivity contribution in [2.75, 3.05) is 0 Å². The number of benzene rings is 4. The van der Waals surface area contributed by atoms with Crippen LogP contribution in [-0.2, 0) is 29.7 Å². The van der Waals surface area contributed by atoms with E-state index in [-0.39, 0.29) is 9.04 Å². The topological polar surface area (TPSA) is 0 Å². The van der Waals surface area contributed by atoms with E-state index in [1.807, 2.05) is 0 Å². The summed E-state index contributed by atoms with van der Waals surface area (Å²) in [6, 6.07) is 29.5. The van der Waals surface area contributed by atoms with E-state index in [9.17, 15) is 0 Å². The molecule has 0 radical (unpaired) electrons. The quantitative estimate of drug-likeness (QED) is 0.152. The minimum atomic E-state index is -4.00. The van der Waals surface area contributed by atoms with Crippen LogP contribution in [-0.4, -0.2) is 9.52 Å². The van der Waals surface area contributed by atoms with Crippen LogP contribution in [0.25, 0.3) is 28.3 Å². The number of allylic oxidation sites excluding steroid dienone is 1. The second-order valence-corrected chi connectivity index (χ2v) is 28.6. The van der Waals surface area contributed by atoms with Crippen molar-refractivity contribution < 1.29 is 17.9 Å². The second-order valence-electron chi connectivity index (χ2n) is 12.8. The zero-order valence-corrected chi connectivity index (χ0v) is 30.3. The van der Waals surface area contributed by atoms with E-state index >= 15 is 0 Å². The van der Waals surface area contributed by atoms with Crippen LogP contribution < -0.4 is 13.6 Å². The Hall–Kier alpha value is -1.70. The molecule has 210 valence electrons. The standard InChI is InChI=1S/C25H31.C12H9Si.2ClH.Zr/c1-6-8-11-18-16-20-14-15-23(25(3,4)5)24(22(20)17-18)21-13-10-9-12-19(21)7-2;1-3-7-11-9(5-1)10-6-2-4-8-12(10)13-11;;;/h9-10,12-17H,6-8,11H2,1-5H3;1-7H,13H2;2*1H;/q;;;;+2/p-2.